The Morgan fingerprint density at radius 3 is 2.70 bits per heavy atom. The second-order valence-electron chi connectivity index (χ2n) is 5.81. The Morgan fingerprint density at radius 1 is 1.39 bits per heavy atom. The number of fused-ring (bicyclic) bond motifs is 2. The number of nitrogens with one attached hydrogen (secondary N) is 1. The minimum atomic E-state index is -4.48. The zero-order chi connectivity index (χ0) is 16.8. The predicted molar refractivity (Wildman–Crippen MR) is 73.2 cm³/mol. The van der Waals surface area contributed by atoms with Crippen molar-refractivity contribution in [2.75, 3.05) is 5.32 Å². The van der Waals surface area contributed by atoms with Gasteiger partial charge in [-0.15, -0.1) is 0 Å². The van der Waals surface area contributed by atoms with Gasteiger partial charge in [-0.05, 0) is 31.9 Å². The van der Waals surface area contributed by atoms with Crippen LogP contribution in [0.5, 0.6) is 0 Å². The number of pyridine rings is 1. The molecule has 2 bridgehead atoms. The number of ether oxygens (including phenoxy) is 1. The molecule has 2 aliphatic heterocycles. The highest BCUT2D eigenvalue weighted by molar-refractivity contribution is 5.92. The summed E-state index contributed by atoms with van der Waals surface area (Å²) < 4.78 is 45.0. The van der Waals surface area contributed by atoms with E-state index < -0.39 is 36.1 Å². The molecular weight excluding hydrogens is 311 g/mol. The predicted octanol–water partition coefficient (Wildman–Crippen LogP) is 2.56. The Hall–Kier alpha value is -2.14. The molecule has 0 radical (unpaired) electrons. The van der Waals surface area contributed by atoms with Crippen molar-refractivity contribution < 1.29 is 22.7 Å². The minimum Gasteiger partial charge on any atom is -0.373 e. The third-order valence-electron chi connectivity index (χ3n) is 4.41. The normalized spacial score (nSPS) is 29.3. The van der Waals surface area contributed by atoms with Crippen molar-refractivity contribution in [2.45, 2.75) is 38.1 Å². The molecule has 3 heterocycles. The van der Waals surface area contributed by atoms with E-state index in [1.807, 2.05) is 6.07 Å². The van der Waals surface area contributed by atoms with Gasteiger partial charge in [-0.2, -0.15) is 18.4 Å². The van der Waals surface area contributed by atoms with Crippen LogP contribution in [0.3, 0.4) is 0 Å². The highest BCUT2D eigenvalue weighted by Crippen LogP contribution is 2.50. The number of hydrogen-bond donors (Lipinski definition) is 1. The van der Waals surface area contributed by atoms with E-state index in [9.17, 15) is 18.0 Å². The molecule has 0 spiro atoms. The number of aryl methyl sites for hydroxylation is 1. The Kier molecular flexibility index (Phi) is 3.76. The molecule has 23 heavy (non-hydrogen) atoms. The molecule has 3 rings (SSSR count). The quantitative estimate of drug-likeness (QED) is 0.907. The Morgan fingerprint density at radius 2 is 2.09 bits per heavy atom. The lowest BCUT2D eigenvalue weighted by Crippen LogP contribution is -2.44. The van der Waals surface area contributed by atoms with Gasteiger partial charge in [0.15, 0.2) is 0 Å². The van der Waals surface area contributed by atoms with Crippen molar-refractivity contribution in [3.8, 4) is 6.07 Å². The number of nitrogens with zero attached hydrogens (tertiary/aromatic N) is 2. The maximum absolute atomic E-state index is 13.2. The molecule has 0 saturated carbocycles. The van der Waals surface area contributed by atoms with E-state index in [1.165, 1.54) is 12.1 Å². The average Bonchev–Trinajstić information content (AvgIpc) is 3.07. The van der Waals surface area contributed by atoms with Gasteiger partial charge in [-0.25, -0.2) is 4.98 Å². The van der Waals surface area contributed by atoms with Gasteiger partial charge in [-0.1, -0.05) is 0 Å². The van der Waals surface area contributed by atoms with Crippen LogP contribution in [0.15, 0.2) is 12.1 Å². The molecule has 5 nitrogen and oxygen atoms in total. The number of halogens is 3. The van der Waals surface area contributed by atoms with Crippen LogP contribution in [0.25, 0.3) is 0 Å². The first-order valence-electron chi connectivity index (χ1n) is 7.22. The maximum atomic E-state index is 13.2. The standard InChI is InChI=1S/C15H14F3N3O2/c1-7-8(6-19)2-5-11(20-7)21-14(22)12-9-3-4-10(23-9)13(12)15(16,17)18/h2,5,9-10,12-13H,3-4H2,1H3,(H,20,21,22)/t9-,10-,12+,13+/m1/s1. The molecule has 2 aliphatic rings. The van der Waals surface area contributed by atoms with Crippen molar-refractivity contribution in [2.24, 2.45) is 11.8 Å². The van der Waals surface area contributed by atoms with Crippen molar-refractivity contribution in [1.82, 2.24) is 4.98 Å². The lowest BCUT2D eigenvalue weighted by atomic mass is 9.78. The summed E-state index contributed by atoms with van der Waals surface area (Å²) in [5.74, 6) is -3.64. The lowest BCUT2D eigenvalue weighted by molar-refractivity contribution is -0.196. The molecule has 0 aliphatic carbocycles. The molecule has 8 heteroatoms. The van der Waals surface area contributed by atoms with E-state index in [0.29, 0.717) is 24.1 Å². The first-order valence-corrected chi connectivity index (χ1v) is 7.22. The van der Waals surface area contributed by atoms with Crippen LogP contribution in [0.1, 0.15) is 24.1 Å². The molecule has 1 aromatic heterocycles. The summed E-state index contributed by atoms with van der Waals surface area (Å²) in [6.07, 6.45) is -5.34. The van der Waals surface area contributed by atoms with E-state index in [1.54, 1.807) is 6.92 Å². The smallest absolute Gasteiger partial charge is 0.373 e. The van der Waals surface area contributed by atoms with Crippen LogP contribution >= 0.6 is 0 Å². The largest absolute Gasteiger partial charge is 0.395 e. The van der Waals surface area contributed by atoms with E-state index in [-0.39, 0.29) is 5.82 Å². The van der Waals surface area contributed by atoms with Gasteiger partial charge in [0.2, 0.25) is 5.91 Å². The molecule has 1 N–H and O–H groups in total. The van der Waals surface area contributed by atoms with Gasteiger partial charge in [0, 0.05) is 0 Å². The molecule has 2 saturated heterocycles. The van der Waals surface area contributed by atoms with Crippen molar-refractivity contribution in [1.29, 1.82) is 5.26 Å². The fraction of sp³-hybridized carbons (Fsp3) is 0.533. The fourth-order valence-corrected chi connectivity index (χ4v) is 3.38. The number of nitriles is 1. The van der Waals surface area contributed by atoms with E-state index in [0.717, 1.165) is 0 Å². The molecular formula is C15H14F3N3O2. The molecule has 0 unspecified atom stereocenters. The second kappa shape index (κ2) is 5.49. The summed E-state index contributed by atoms with van der Waals surface area (Å²) in [6, 6.07) is 4.81. The van der Waals surface area contributed by atoms with Crippen LogP contribution in [-0.4, -0.2) is 29.3 Å². The molecule has 1 amide bonds. The Balaban J connectivity index is 1.80. The number of amides is 1. The number of rotatable bonds is 2. The number of aromatic nitrogens is 1. The summed E-state index contributed by atoms with van der Waals surface area (Å²) in [4.78, 5) is 16.4. The van der Waals surface area contributed by atoms with Gasteiger partial charge < -0.3 is 10.1 Å². The van der Waals surface area contributed by atoms with Crippen molar-refractivity contribution in [3.05, 3.63) is 23.4 Å². The van der Waals surface area contributed by atoms with Gasteiger partial charge in [-0.3, -0.25) is 4.79 Å². The third-order valence-corrected chi connectivity index (χ3v) is 4.41. The second-order valence-corrected chi connectivity index (χ2v) is 5.81. The number of hydrogen-bond acceptors (Lipinski definition) is 4. The highest BCUT2D eigenvalue weighted by Gasteiger charge is 2.62. The summed E-state index contributed by atoms with van der Waals surface area (Å²) in [6.45, 7) is 1.59. The number of carbonyl (C=O) groups excluding carboxylic acids is 1. The summed E-state index contributed by atoms with van der Waals surface area (Å²) in [5, 5.41) is 11.3. The lowest BCUT2D eigenvalue weighted by Gasteiger charge is -2.28. The first kappa shape index (κ1) is 15.7. The van der Waals surface area contributed by atoms with Gasteiger partial charge in [0.25, 0.3) is 0 Å². The monoisotopic (exact) mass is 325 g/mol. The molecule has 2 fully saturated rings. The maximum Gasteiger partial charge on any atom is 0.395 e. The van der Waals surface area contributed by atoms with Crippen LogP contribution in [0.2, 0.25) is 0 Å². The van der Waals surface area contributed by atoms with E-state index in [4.69, 9.17) is 10.00 Å². The minimum absolute atomic E-state index is 0.134. The van der Waals surface area contributed by atoms with Crippen LogP contribution in [-0.2, 0) is 9.53 Å². The van der Waals surface area contributed by atoms with Crippen LogP contribution in [0.4, 0.5) is 19.0 Å². The Bertz CT molecular complexity index is 684. The molecule has 122 valence electrons. The number of alkyl halides is 3. The summed E-state index contributed by atoms with van der Waals surface area (Å²) >= 11 is 0. The summed E-state index contributed by atoms with van der Waals surface area (Å²) in [5.41, 5.74) is 0.751. The van der Waals surface area contributed by atoms with Gasteiger partial charge in [0.1, 0.15) is 11.9 Å². The third kappa shape index (κ3) is 2.77. The highest BCUT2D eigenvalue weighted by atomic mass is 19.4. The Labute approximate surface area is 130 Å². The SMILES string of the molecule is Cc1nc(NC(=O)[C@@H]2[C@@H](C(F)(F)F)[C@H]3CC[C@H]2O3)ccc1C#N. The zero-order valence-corrected chi connectivity index (χ0v) is 12.2. The number of anilines is 1. The molecule has 0 aromatic carbocycles. The molecule has 4 atom stereocenters. The van der Waals surface area contributed by atoms with Gasteiger partial charge in [0.05, 0.1) is 35.3 Å². The summed E-state index contributed by atoms with van der Waals surface area (Å²) in [7, 11) is 0. The van der Waals surface area contributed by atoms with Gasteiger partial charge >= 0.3 is 6.18 Å². The van der Waals surface area contributed by atoms with Crippen LogP contribution < -0.4 is 5.32 Å². The van der Waals surface area contributed by atoms with Crippen molar-refractivity contribution >= 4 is 11.7 Å². The number of carbonyl (C=O) groups is 1. The zero-order valence-electron chi connectivity index (χ0n) is 12.2. The van der Waals surface area contributed by atoms with E-state index in [2.05, 4.69) is 10.3 Å². The van der Waals surface area contributed by atoms with E-state index >= 15 is 0 Å². The topological polar surface area (TPSA) is 75.0 Å². The first-order chi connectivity index (χ1) is 10.8. The molecule has 1 aromatic rings. The fourth-order valence-electron chi connectivity index (χ4n) is 3.38. The van der Waals surface area contributed by atoms with Crippen molar-refractivity contribution in [3.63, 3.8) is 0 Å². The average molecular weight is 325 g/mol. The van der Waals surface area contributed by atoms with Crippen LogP contribution in [0, 0.1) is 30.1 Å².